The number of methoxy groups -OCH3 is 1. The highest BCUT2D eigenvalue weighted by Gasteiger charge is 2.24. The summed E-state index contributed by atoms with van der Waals surface area (Å²) in [7, 11) is 0.131. The molecule has 0 aliphatic rings. The first kappa shape index (κ1) is 22.4. The number of sulfonamides is 1. The van der Waals surface area contributed by atoms with Crippen LogP contribution in [0.4, 0.5) is 14.5 Å². The smallest absolute Gasteiger partial charge is 0.289 e. The van der Waals surface area contributed by atoms with E-state index in [1.807, 2.05) is 0 Å². The molecular weight excluding hydrogens is 434 g/mol. The number of thioether (sulfide) groups is 1. The third-order valence-electron chi connectivity index (χ3n) is 3.61. The Hall–Kier alpha value is -1.88. The van der Waals surface area contributed by atoms with Crippen LogP contribution < -0.4 is 10.1 Å². The van der Waals surface area contributed by atoms with Gasteiger partial charge in [-0.3, -0.25) is 4.79 Å². The van der Waals surface area contributed by atoms with Gasteiger partial charge >= 0.3 is 0 Å². The second-order valence-electron chi connectivity index (χ2n) is 5.60. The predicted molar refractivity (Wildman–Crippen MR) is 105 cm³/mol. The fourth-order valence-electron chi connectivity index (χ4n) is 2.23. The van der Waals surface area contributed by atoms with Crippen LogP contribution in [0, 0.1) is 0 Å². The lowest BCUT2D eigenvalue weighted by Gasteiger charge is -2.16. The fourth-order valence-corrected chi connectivity index (χ4v) is 4.21. The molecule has 0 aromatic heterocycles. The lowest BCUT2D eigenvalue weighted by atomic mass is 10.2. The number of alkyl halides is 2. The average molecular weight is 451 g/mol. The van der Waals surface area contributed by atoms with E-state index in [1.54, 1.807) is 0 Å². The molecule has 6 nitrogen and oxygen atoms in total. The van der Waals surface area contributed by atoms with E-state index in [9.17, 15) is 22.0 Å². The number of benzene rings is 2. The molecule has 0 aliphatic heterocycles. The van der Waals surface area contributed by atoms with E-state index < -0.39 is 21.7 Å². The molecule has 1 amide bonds. The van der Waals surface area contributed by atoms with Gasteiger partial charge in [0.15, 0.2) is 0 Å². The number of halogens is 3. The van der Waals surface area contributed by atoms with Crippen molar-refractivity contribution in [3.05, 3.63) is 47.0 Å². The van der Waals surface area contributed by atoms with Gasteiger partial charge in [0.05, 0.1) is 22.7 Å². The molecule has 0 atom stereocenters. The van der Waals surface area contributed by atoms with Crippen molar-refractivity contribution in [2.75, 3.05) is 26.5 Å². The van der Waals surface area contributed by atoms with E-state index >= 15 is 0 Å². The topological polar surface area (TPSA) is 75.7 Å². The van der Waals surface area contributed by atoms with Crippen LogP contribution >= 0.6 is 23.4 Å². The number of rotatable bonds is 7. The van der Waals surface area contributed by atoms with E-state index in [0.29, 0.717) is 0 Å². The Morgan fingerprint density at radius 1 is 1.25 bits per heavy atom. The van der Waals surface area contributed by atoms with E-state index in [1.165, 1.54) is 51.5 Å². The highest BCUT2D eigenvalue weighted by molar-refractivity contribution is 7.99. The summed E-state index contributed by atoms with van der Waals surface area (Å²) >= 11 is 6.16. The Morgan fingerprint density at radius 2 is 1.93 bits per heavy atom. The van der Waals surface area contributed by atoms with Crippen LogP contribution in [0.5, 0.6) is 5.75 Å². The second-order valence-corrected chi connectivity index (χ2v) is 9.13. The Kier molecular flexibility index (Phi) is 7.27. The number of ether oxygens (including phenoxy) is 1. The molecule has 28 heavy (non-hydrogen) atoms. The minimum atomic E-state index is -3.88. The summed E-state index contributed by atoms with van der Waals surface area (Å²) < 4.78 is 56.6. The molecular formula is C17H17ClF2N2O4S2. The van der Waals surface area contributed by atoms with Crippen molar-refractivity contribution in [3.8, 4) is 5.75 Å². The van der Waals surface area contributed by atoms with Gasteiger partial charge in [-0.2, -0.15) is 8.78 Å². The summed E-state index contributed by atoms with van der Waals surface area (Å²) in [5.41, 5.74) is 0.102. The normalized spacial score (nSPS) is 11.7. The summed E-state index contributed by atoms with van der Waals surface area (Å²) in [6.07, 6.45) is 0. The molecule has 0 bridgehead atoms. The van der Waals surface area contributed by atoms with Crippen molar-refractivity contribution in [2.24, 2.45) is 0 Å². The molecule has 2 aromatic rings. The van der Waals surface area contributed by atoms with Gasteiger partial charge in [0.1, 0.15) is 10.6 Å². The number of carbonyl (C=O) groups excluding carboxylic acids is 1. The number of hydrogen-bond donors (Lipinski definition) is 1. The fraction of sp³-hybridized carbons (Fsp3) is 0.235. The molecule has 0 fully saturated rings. The zero-order chi connectivity index (χ0) is 21.1. The van der Waals surface area contributed by atoms with Gasteiger partial charge in [0, 0.05) is 19.7 Å². The highest BCUT2D eigenvalue weighted by Crippen LogP contribution is 2.38. The molecule has 2 rings (SSSR count). The molecule has 0 radical (unpaired) electrons. The third-order valence-corrected chi connectivity index (χ3v) is 6.72. The molecule has 0 unspecified atom stereocenters. The van der Waals surface area contributed by atoms with Crippen molar-refractivity contribution in [2.45, 2.75) is 15.5 Å². The van der Waals surface area contributed by atoms with Crippen LogP contribution in [0.2, 0.25) is 5.02 Å². The van der Waals surface area contributed by atoms with Crippen LogP contribution in [0.3, 0.4) is 0 Å². The maximum atomic E-state index is 12.8. The van der Waals surface area contributed by atoms with Crippen LogP contribution in [0.1, 0.15) is 10.4 Å². The zero-order valence-corrected chi connectivity index (χ0v) is 17.5. The van der Waals surface area contributed by atoms with Crippen molar-refractivity contribution in [1.82, 2.24) is 4.31 Å². The molecule has 0 saturated heterocycles. The summed E-state index contributed by atoms with van der Waals surface area (Å²) in [6.45, 7) is 0. The molecule has 152 valence electrons. The van der Waals surface area contributed by atoms with Crippen molar-refractivity contribution in [1.29, 1.82) is 0 Å². The van der Waals surface area contributed by atoms with Gasteiger partial charge in [0.2, 0.25) is 10.0 Å². The third kappa shape index (κ3) is 4.93. The first-order chi connectivity index (χ1) is 13.1. The summed E-state index contributed by atoms with van der Waals surface area (Å²) in [6, 6.07) is 8.23. The second kappa shape index (κ2) is 9.08. The number of anilines is 1. The Bertz CT molecular complexity index is 985. The lowest BCUT2D eigenvalue weighted by Crippen LogP contribution is -2.23. The maximum absolute atomic E-state index is 12.8. The van der Waals surface area contributed by atoms with Gasteiger partial charge in [-0.05, 0) is 30.3 Å². The Labute approximate surface area is 170 Å². The molecule has 0 aliphatic carbocycles. The van der Waals surface area contributed by atoms with Crippen LogP contribution in [0.25, 0.3) is 0 Å². The Morgan fingerprint density at radius 3 is 2.50 bits per heavy atom. The number of nitrogens with zero attached hydrogens (tertiary/aromatic N) is 1. The molecule has 0 spiro atoms. The molecule has 11 heteroatoms. The van der Waals surface area contributed by atoms with E-state index in [-0.39, 0.29) is 43.6 Å². The van der Waals surface area contributed by atoms with E-state index in [4.69, 9.17) is 16.3 Å². The SMILES string of the molecule is COc1ccc(C(=O)Nc2cccc(Cl)c2SC(F)F)cc1S(=O)(=O)N(C)C. The summed E-state index contributed by atoms with van der Waals surface area (Å²) in [5, 5.41) is 2.56. The molecule has 1 N–H and O–H groups in total. The van der Waals surface area contributed by atoms with E-state index in [2.05, 4.69) is 5.32 Å². The van der Waals surface area contributed by atoms with Gasteiger partial charge in [0.25, 0.3) is 11.7 Å². The van der Waals surface area contributed by atoms with Crippen LogP contribution in [0.15, 0.2) is 46.2 Å². The monoisotopic (exact) mass is 450 g/mol. The predicted octanol–water partition coefficient (Wildman–Crippen LogP) is 4.17. The number of amides is 1. The summed E-state index contributed by atoms with van der Waals surface area (Å²) in [5.74, 6) is -3.34. The van der Waals surface area contributed by atoms with Crippen LogP contribution in [-0.4, -0.2) is 45.6 Å². The van der Waals surface area contributed by atoms with Gasteiger partial charge in [-0.15, -0.1) is 0 Å². The van der Waals surface area contributed by atoms with Gasteiger partial charge < -0.3 is 10.1 Å². The minimum absolute atomic E-state index is 0.00852. The summed E-state index contributed by atoms with van der Waals surface area (Å²) in [4.78, 5) is 12.4. The first-order valence-electron chi connectivity index (χ1n) is 7.73. The number of hydrogen-bond acceptors (Lipinski definition) is 5. The standard InChI is InChI=1S/C17H17ClF2N2O4S2/c1-22(2)28(24,25)14-9-10(7-8-13(14)26-3)16(23)21-12-6-4-5-11(18)15(12)27-17(19)20/h4-9,17H,1-3H3,(H,21,23). The largest absolute Gasteiger partial charge is 0.495 e. The quantitative estimate of drug-likeness (QED) is 0.641. The van der Waals surface area contributed by atoms with Gasteiger partial charge in [-0.25, -0.2) is 12.7 Å². The van der Waals surface area contributed by atoms with Gasteiger partial charge in [-0.1, -0.05) is 29.4 Å². The van der Waals surface area contributed by atoms with Crippen molar-refractivity contribution >= 4 is 45.0 Å². The molecule has 2 aromatic carbocycles. The molecule has 0 heterocycles. The van der Waals surface area contributed by atoms with Crippen molar-refractivity contribution < 1.29 is 26.7 Å². The minimum Gasteiger partial charge on any atom is -0.495 e. The average Bonchev–Trinajstić information content (AvgIpc) is 2.63. The first-order valence-corrected chi connectivity index (χ1v) is 10.4. The van der Waals surface area contributed by atoms with Crippen LogP contribution in [-0.2, 0) is 10.0 Å². The Balaban J connectivity index is 2.43. The van der Waals surface area contributed by atoms with E-state index in [0.717, 1.165) is 10.4 Å². The highest BCUT2D eigenvalue weighted by atomic mass is 35.5. The number of nitrogens with one attached hydrogen (secondary N) is 1. The zero-order valence-electron chi connectivity index (χ0n) is 15.1. The maximum Gasteiger partial charge on any atom is 0.289 e. The van der Waals surface area contributed by atoms with Crippen molar-refractivity contribution in [3.63, 3.8) is 0 Å². The number of carbonyl (C=O) groups is 1. The molecule has 0 saturated carbocycles. The lowest BCUT2D eigenvalue weighted by molar-refractivity contribution is 0.102.